The van der Waals surface area contributed by atoms with Gasteiger partial charge in [0.05, 0.1) is 6.61 Å². The number of halogens is 1. The van der Waals surface area contributed by atoms with Crippen LogP contribution in [0.4, 0.5) is 0 Å². The van der Waals surface area contributed by atoms with E-state index in [1.165, 1.54) is 3.57 Å². The molecular weight excluding hydrogens is 381 g/mol. The van der Waals surface area contributed by atoms with Gasteiger partial charge >= 0.3 is 11.9 Å². The maximum absolute atomic E-state index is 9.10. The Morgan fingerprint density at radius 1 is 1.10 bits per heavy atom. The Balaban J connectivity index is 0.000000511. The Morgan fingerprint density at radius 3 is 2.10 bits per heavy atom. The van der Waals surface area contributed by atoms with E-state index in [-0.39, 0.29) is 6.61 Å². The van der Waals surface area contributed by atoms with Crippen molar-refractivity contribution in [3.8, 4) is 5.75 Å². The molecule has 0 aliphatic carbocycles. The summed E-state index contributed by atoms with van der Waals surface area (Å²) in [6.07, 6.45) is 0. The number of ether oxygens (including phenoxy) is 1. The van der Waals surface area contributed by atoms with E-state index >= 15 is 0 Å². The topological polar surface area (TPSA) is 116 Å². The molecule has 0 unspecified atom stereocenters. The van der Waals surface area contributed by atoms with Crippen LogP contribution in [0.3, 0.4) is 0 Å². The Bertz CT molecular complexity index is 397. The van der Waals surface area contributed by atoms with Gasteiger partial charge in [-0.25, -0.2) is 9.59 Å². The number of aliphatic carboxylic acids is 2. The molecule has 112 valence electrons. The van der Waals surface area contributed by atoms with Crippen LogP contribution in [-0.2, 0) is 9.59 Å². The number of benzene rings is 1. The second-order valence-electron chi connectivity index (χ2n) is 3.39. The Hall–Kier alpha value is -1.39. The molecule has 1 aromatic carbocycles. The highest BCUT2D eigenvalue weighted by Gasteiger charge is 2.04. The Labute approximate surface area is 129 Å². The third-order valence-corrected chi connectivity index (χ3v) is 2.55. The summed E-state index contributed by atoms with van der Waals surface area (Å²) in [5.41, 5.74) is 0. The average molecular weight is 397 g/mol. The van der Waals surface area contributed by atoms with E-state index in [9.17, 15) is 0 Å². The lowest BCUT2D eigenvalue weighted by Gasteiger charge is -2.06. The van der Waals surface area contributed by atoms with Gasteiger partial charge in [-0.2, -0.15) is 0 Å². The third kappa shape index (κ3) is 10.5. The van der Waals surface area contributed by atoms with Crippen LogP contribution < -0.4 is 10.1 Å². The molecule has 0 saturated heterocycles. The molecule has 0 atom stereocenters. The lowest BCUT2D eigenvalue weighted by atomic mass is 10.3. The van der Waals surface area contributed by atoms with E-state index in [0.29, 0.717) is 13.2 Å². The number of rotatable bonds is 6. The van der Waals surface area contributed by atoms with Gasteiger partial charge in [-0.3, -0.25) is 0 Å². The van der Waals surface area contributed by atoms with E-state index in [0.717, 1.165) is 12.3 Å². The third-order valence-electron chi connectivity index (χ3n) is 1.83. The average Bonchev–Trinajstić information content (AvgIpc) is 2.41. The number of hydrogen-bond donors (Lipinski definition) is 4. The molecule has 1 aromatic rings. The highest BCUT2D eigenvalue weighted by atomic mass is 127. The maximum Gasteiger partial charge on any atom is 0.414 e. The Kier molecular flexibility index (Phi) is 10.6. The van der Waals surface area contributed by atoms with Crippen LogP contribution in [0.2, 0.25) is 0 Å². The lowest BCUT2D eigenvalue weighted by molar-refractivity contribution is -0.159. The number of carboxylic acids is 2. The normalized spacial score (nSPS) is 9.30. The molecule has 0 aliphatic rings. The highest BCUT2D eigenvalue weighted by Crippen LogP contribution is 2.12. The minimum absolute atomic E-state index is 0.170. The van der Waals surface area contributed by atoms with E-state index in [1.807, 2.05) is 24.3 Å². The molecule has 20 heavy (non-hydrogen) atoms. The predicted octanol–water partition coefficient (Wildman–Crippen LogP) is 0.408. The first-order valence-electron chi connectivity index (χ1n) is 5.63. The summed E-state index contributed by atoms with van der Waals surface area (Å²) in [5, 5.41) is 26.3. The van der Waals surface area contributed by atoms with Gasteiger partial charge < -0.3 is 25.4 Å². The molecule has 7 nitrogen and oxygen atoms in total. The summed E-state index contributed by atoms with van der Waals surface area (Å²) in [6.45, 7) is 2.17. The quantitative estimate of drug-likeness (QED) is 0.312. The van der Waals surface area contributed by atoms with Gasteiger partial charge in [-0.05, 0) is 46.9 Å². The van der Waals surface area contributed by atoms with Crippen molar-refractivity contribution in [2.75, 3.05) is 26.3 Å². The molecule has 0 spiro atoms. The molecule has 0 aliphatic heterocycles. The Morgan fingerprint density at radius 2 is 1.65 bits per heavy atom. The number of carbonyl (C=O) groups is 2. The van der Waals surface area contributed by atoms with Gasteiger partial charge in [-0.15, -0.1) is 0 Å². The molecule has 0 saturated carbocycles. The monoisotopic (exact) mass is 397 g/mol. The van der Waals surface area contributed by atoms with Crippen LogP contribution in [-0.4, -0.2) is 53.6 Å². The largest absolute Gasteiger partial charge is 0.492 e. The first-order valence-corrected chi connectivity index (χ1v) is 6.71. The number of aliphatic hydroxyl groups is 1. The maximum atomic E-state index is 9.10. The van der Waals surface area contributed by atoms with Crippen molar-refractivity contribution >= 4 is 34.5 Å². The predicted molar refractivity (Wildman–Crippen MR) is 79.9 cm³/mol. The van der Waals surface area contributed by atoms with E-state index in [2.05, 4.69) is 27.9 Å². The first kappa shape index (κ1) is 18.6. The van der Waals surface area contributed by atoms with Crippen LogP contribution in [0.1, 0.15) is 0 Å². The van der Waals surface area contributed by atoms with Crippen molar-refractivity contribution < 1.29 is 29.6 Å². The van der Waals surface area contributed by atoms with Crippen molar-refractivity contribution in [3.05, 3.63) is 27.8 Å². The zero-order valence-electron chi connectivity index (χ0n) is 10.6. The fraction of sp³-hybridized carbons (Fsp3) is 0.333. The first-order chi connectivity index (χ1) is 9.47. The SMILES string of the molecule is O=C(O)C(=O)O.OCCNCCOc1ccc(I)cc1. The van der Waals surface area contributed by atoms with Gasteiger partial charge in [0.25, 0.3) is 0 Å². The smallest absolute Gasteiger partial charge is 0.414 e. The number of nitrogens with one attached hydrogen (secondary N) is 1. The second kappa shape index (κ2) is 11.4. The minimum atomic E-state index is -1.82. The zero-order valence-corrected chi connectivity index (χ0v) is 12.7. The molecule has 0 fully saturated rings. The summed E-state index contributed by atoms with van der Waals surface area (Å²) in [5.74, 6) is -2.76. The zero-order chi connectivity index (χ0) is 15.4. The van der Waals surface area contributed by atoms with Gasteiger partial charge in [-0.1, -0.05) is 0 Å². The number of aliphatic hydroxyl groups excluding tert-OH is 1. The second-order valence-corrected chi connectivity index (χ2v) is 4.63. The highest BCUT2D eigenvalue weighted by molar-refractivity contribution is 14.1. The standard InChI is InChI=1S/C10H14INO2.C2H2O4/c11-9-1-3-10(4-2-9)14-8-6-12-5-7-13;3-1(4)2(5)6/h1-4,12-13H,5-8H2;(H,3,4)(H,5,6). The molecule has 4 N–H and O–H groups in total. The van der Waals surface area contributed by atoms with E-state index in [4.69, 9.17) is 29.6 Å². The molecule has 0 heterocycles. The van der Waals surface area contributed by atoms with Crippen LogP contribution >= 0.6 is 22.6 Å². The van der Waals surface area contributed by atoms with Crippen LogP contribution in [0.5, 0.6) is 5.75 Å². The van der Waals surface area contributed by atoms with E-state index in [1.54, 1.807) is 0 Å². The summed E-state index contributed by atoms with van der Waals surface area (Å²) < 4.78 is 6.66. The van der Waals surface area contributed by atoms with Crippen molar-refractivity contribution in [2.45, 2.75) is 0 Å². The molecule has 1 rings (SSSR count). The van der Waals surface area contributed by atoms with Gasteiger partial charge in [0, 0.05) is 16.7 Å². The van der Waals surface area contributed by atoms with Crippen LogP contribution in [0, 0.1) is 3.57 Å². The molecule has 0 amide bonds. The number of carboxylic acid groups (broad SMARTS) is 2. The van der Waals surface area contributed by atoms with Gasteiger partial charge in [0.2, 0.25) is 0 Å². The molecule has 8 heteroatoms. The summed E-state index contributed by atoms with van der Waals surface area (Å²) in [7, 11) is 0. The molecule has 0 radical (unpaired) electrons. The van der Waals surface area contributed by atoms with Gasteiger partial charge in [0.15, 0.2) is 0 Å². The van der Waals surface area contributed by atoms with Crippen LogP contribution in [0.15, 0.2) is 24.3 Å². The molecule has 0 aromatic heterocycles. The van der Waals surface area contributed by atoms with E-state index < -0.39 is 11.9 Å². The van der Waals surface area contributed by atoms with Crippen molar-refractivity contribution in [2.24, 2.45) is 0 Å². The lowest BCUT2D eigenvalue weighted by Crippen LogP contribution is -2.23. The summed E-state index contributed by atoms with van der Waals surface area (Å²) >= 11 is 2.26. The minimum Gasteiger partial charge on any atom is -0.492 e. The van der Waals surface area contributed by atoms with Crippen LogP contribution in [0.25, 0.3) is 0 Å². The number of hydrogen-bond acceptors (Lipinski definition) is 5. The van der Waals surface area contributed by atoms with Crippen molar-refractivity contribution in [1.82, 2.24) is 5.32 Å². The molecular formula is C12H16INO6. The summed E-state index contributed by atoms with van der Waals surface area (Å²) in [6, 6.07) is 7.93. The fourth-order valence-electron chi connectivity index (χ4n) is 0.976. The molecule has 0 bridgehead atoms. The summed E-state index contributed by atoms with van der Waals surface area (Å²) in [4.78, 5) is 18.2. The van der Waals surface area contributed by atoms with Gasteiger partial charge in [0.1, 0.15) is 12.4 Å². The van der Waals surface area contributed by atoms with Crippen molar-refractivity contribution in [1.29, 1.82) is 0 Å². The van der Waals surface area contributed by atoms with Crippen molar-refractivity contribution in [3.63, 3.8) is 0 Å². The fourth-order valence-corrected chi connectivity index (χ4v) is 1.34.